The molecule has 0 amide bonds. The molecule has 5 nitrogen and oxygen atoms in total. The van der Waals surface area contributed by atoms with E-state index in [1.807, 2.05) is 13.8 Å². The average Bonchev–Trinajstić information content (AvgIpc) is 2.14. The van der Waals surface area contributed by atoms with Crippen LogP contribution in [0, 0.1) is 5.92 Å². The minimum Gasteiger partial charge on any atom is -0.468 e. The number of carbonyl (C=O) groups excluding carboxylic acids is 1. The lowest BCUT2D eigenvalue weighted by atomic mass is 10.1. The van der Waals surface area contributed by atoms with Crippen LogP contribution in [-0.4, -0.2) is 33.8 Å². The molecule has 0 aliphatic rings. The maximum absolute atomic E-state index is 11.1. The summed E-state index contributed by atoms with van der Waals surface area (Å²) in [6.45, 7) is 7.47. The van der Waals surface area contributed by atoms with Crippen molar-refractivity contribution in [2.24, 2.45) is 5.92 Å². The second kappa shape index (κ2) is 7.64. The summed E-state index contributed by atoms with van der Waals surface area (Å²) in [7, 11) is -2.15. The Balaban J connectivity index is 0. The summed E-state index contributed by atoms with van der Waals surface area (Å²) in [5, 5.41) is 0. The SMILES string of the molecule is CC.COC(=O)C(NS(C)(=O)=O)C(C)C. The van der Waals surface area contributed by atoms with Crippen molar-refractivity contribution in [1.82, 2.24) is 4.72 Å². The first-order chi connectivity index (χ1) is 6.78. The van der Waals surface area contributed by atoms with Gasteiger partial charge in [-0.1, -0.05) is 27.7 Å². The van der Waals surface area contributed by atoms with Gasteiger partial charge in [0.25, 0.3) is 0 Å². The fourth-order valence-electron chi connectivity index (χ4n) is 0.814. The quantitative estimate of drug-likeness (QED) is 0.735. The van der Waals surface area contributed by atoms with Gasteiger partial charge in [-0.15, -0.1) is 0 Å². The molecule has 0 aliphatic heterocycles. The molecule has 6 heteroatoms. The highest BCUT2D eigenvalue weighted by Gasteiger charge is 2.25. The number of methoxy groups -OCH3 is 1. The predicted octanol–water partition coefficient (Wildman–Crippen LogP) is 0.759. The zero-order chi connectivity index (χ0) is 12.6. The fourth-order valence-corrected chi connectivity index (χ4v) is 1.64. The Bertz CT molecular complexity index is 272. The number of nitrogens with one attached hydrogen (secondary N) is 1. The van der Waals surface area contributed by atoms with Gasteiger partial charge in [0, 0.05) is 0 Å². The minimum atomic E-state index is -3.37. The van der Waals surface area contributed by atoms with Crippen LogP contribution in [-0.2, 0) is 19.6 Å². The van der Waals surface area contributed by atoms with E-state index in [2.05, 4.69) is 9.46 Å². The molecular formula is C9H21NO4S. The van der Waals surface area contributed by atoms with Crippen molar-refractivity contribution in [2.45, 2.75) is 33.7 Å². The zero-order valence-electron chi connectivity index (χ0n) is 10.2. The van der Waals surface area contributed by atoms with E-state index in [1.165, 1.54) is 7.11 Å². The van der Waals surface area contributed by atoms with Crippen molar-refractivity contribution >= 4 is 16.0 Å². The predicted molar refractivity (Wildman–Crippen MR) is 60.0 cm³/mol. The summed E-state index contributed by atoms with van der Waals surface area (Å²) >= 11 is 0. The molecule has 1 unspecified atom stereocenters. The molecule has 0 heterocycles. The Kier molecular flexibility index (Phi) is 8.56. The van der Waals surface area contributed by atoms with Crippen molar-refractivity contribution in [1.29, 1.82) is 0 Å². The molecule has 0 radical (unpaired) electrons. The maximum atomic E-state index is 11.1. The van der Waals surface area contributed by atoms with Crippen LogP contribution in [0.15, 0.2) is 0 Å². The summed E-state index contributed by atoms with van der Waals surface area (Å²) < 4.78 is 28.4. The van der Waals surface area contributed by atoms with Gasteiger partial charge >= 0.3 is 5.97 Å². The molecule has 0 saturated heterocycles. The topological polar surface area (TPSA) is 72.5 Å². The third-order valence-electron chi connectivity index (χ3n) is 1.46. The van der Waals surface area contributed by atoms with Gasteiger partial charge in [0.1, 0.15) is 6.04 Å². The van der Waals surface area contributed by atoms with Crippen molar-refractivity contribution in [3.63, 3.8) is 0 Å². The van der Waals surface area contributed by atoms with E-state index in [9.17, 15) is 13.2 Å². The highest BCUT2D eigenvalue weighted by Crippen LogP contribution is 2.04. The minimum absolute atomic E-state index is 0.137. The van der Waals surface area contributed by atoms with Crippen LogP contribution in [0.3, 0.4) is 0 Å². The Labute approximate surface area is 92.3 Å². The van der Waals surface area contributed by atoms with Crippen LogP contribution in [0.2, 0.25) is 0 Å². The summed E-state index contributed by atoms with van der Waals surface area (Å²) in [5.41, 5.74) is 0. The Hall–Kier alpha value is -0.620. The van der Waals surface area contributed by atoms with E-state index >= 15 is 0 Å². The second-order valence-corrected chi connectivity index (χ2v) is 4.91. The van der Waals surface area contributed by atoms with E-state index in [0.29, 0.717) is 0 Å². The number of esters is 1. The van der Waals surface area contributed by atoms with Crippen LogP contribution in [0.5, 0.6) is 0 Å². The first kappa shape index (κ1) is 16.8. The van der Waals surface area contributed by atoms with Crippen LogP contribution in [0.25, 0.3) is 0 Å². The number of hydrogen-bond acceptors (Lipinski definition) is 4. The standard InChI is InChI=1S/C7H15NO4S.C2H6/c1-5(2)6(7(9)12-3)8-13(4,10)11;1-2/h5-6,8H,1-4H3;1-2H3. The van der Waals surface area contributed by atoms with Crippen LogP contribution < -0.4 is 4.72 Å². The van der Waals surface area contributed by atoms with Crippen molar-refractivity contribution in [3.05, 3.63) is 0 Å². The lowest BCUT2D eigenvalue weighted by molar-refractivity contribution is -0.143. The number of carbonyl (C=O) groups is 1. The summed E-state index contributed by atoms with van der Waals surface area (Å²) in [5.74, 6) is -0.706. The average molecular weight is 239 g/mol. The van der Waals surface area contributed by atoms with Gasteiger partial charge in [0.2, 0.25) is 10.0 Å². The molecule has 0 aliphatic carbocycles. The molecule has 92 valence electrons. The lowest BCUT2D eigenvalue weighted by Gasteiger charge is -2.18. The molecule has 0 aromatic rings. The number of rotatable bonds is 4. The molecule has 0 aromatic heterocycles. The van der Waals surface area contributed by atoms with Gasteiger partial charge in [-0.05, 0) is 5.92 Å². The van der Waals surface area contributed by atoms with Crippen molar-refractivity contribution in [2.75, 3.05) is 13.4 Å². The zero-order valence-corrected chi connectivity index (χ0v) is 11.0. The first-order valence-corrected chi connectivity index (χ1v) is 6.72. The van der Waals surface area contributed by atoms with E-state index in [-0.39, 0.29) is 5.92 Å². The van der Waals surface area contributed by atoms with Gasteiger partial charge < -0.3 is 4.74 Å². The third kappa shape index (κ3) is 8.38. The molecule has 0 rings (SSSR count). The molecule has 0 fully saturated rings. The molecule has 1 atom stereocenters. The van der Waals surface area contributed by atoms with Gasteiger partial charge in [-0.3, -0.25) is 4.79 Å². The van der Waals surface area contributed by atoms with Crippen LogP contribution in [0.1, 0.15) is 27.7 Å². The first-order valence-electron chi connectivity index (χ1n) is 4.83. The summed E-state index contributed by atoms with van der Waals surface area (Å²) in [6, 6.07) is -0.806. The Morgan fingerprint density at radius 1 is 1.27 bits per heavy atom. The van der Waals surface area contributed by atoms with Gasteiger partial charge in [0.05, 0.1) is 13.4 Å². The van der Waals surface area contributed by atoms with Gasteiger partial charge in [-0.25, -0.2) is 13.1 Å². The van der Waals surface area contributed by atoms with Crippen molar-refractivity contribution < 1.29 is 17.9 Å². The molecule has 1 N–H and O–H groups in total. The van der Waals surface area contributed by atoms with E-state index < -0.39 is 22.0 Å². The molecule has 15 heavy (non-hydrogen) atoms. The normalized spacial score (nSPS) is 12.7. The van der Waals surface area contributed by atoms with Crippen LogP contribution >= 0.6 is 0 Å². The fraction of sp³-hybridized carbons (Fsp3) is 0.889. The Morgan fingerprint density at radius 3 is 1.87 bits per heavy atom. The summed E-state index contributed by atoms with van der Waals surface area (Å²) in [6.07, 6.45) is 1.01. The highest BCUT2D eigenvalue weighted by atomic mass is 32.2. The summed E-state index contributed by atoms with van der Waals surface area (Å²) in [4.78, 5) is 11.1. The molecule has 0 spiro atoms. The second-order valence-electron chi connectivity index (χ2n) is 3.13. The number of ether oxygens (including phenoxy) is 1. The Morgan fingerprint density at radius 2 is 1.67 bits per heavy atom. The number of sulfonamides is 1. The van der Waals surface area contributed by atoms with Crippen LogP contribution in [0.4, 0.5) is 0 Å². The van der Waals surface area contributed by atoms with Gasteiger partial charge in [0.15, 0.2) is 0 Å². The van der Waals surface area contributed by atoms with E-state index in [1.54, 1.807) is 13.8 Å². The lowest BCUT2D eigenvalue weighted by Crippen LogP contribution is -2.44. The number of hydrogen-bond donors (Lipinski definition) is 1. The van der Waals surface area contributed by atoms with E-state index in [4.69, 9.17) is 0 Å². The molecule has 0 bridgehead atoms. The molecular weight excluding hydrogens is 218 g/mol. The molecule has 0 saturated carbocycles. The van der Waals surface area contributed by atoms with Crippen molar-refractivity contribution in [3.8, 4) is 0 Å². The van der Waals surface area contributed by atoms with E-state index in [0.717, 1.165) is 6.26 Å². The highest BCUT2D eigenvalue weighted by molar-refractivity contribution is 7.88. The van der Waals surface area contributed by atoms with Gasteiger partial charge in [-0.2, -0.15) is 0 Å². The largest absolute Gasteiger partial charge is 0.468 e. The molecule has 0 aromatic carbocycles. The maximum Gasteiger partial charge on any atom is 0.324 e. The third-order valence-corrected chi connectivity index (χ3v) is 2.14. The monoisotopic (exact) mass is 239 g/mol. The smallest absolute Gasteiger partial charge is 0.324 e.